The van der Waals surface area contributed by atoms with Gasteiger partial charge >= 0.3 is 0 Å². The van der Waals surface area contributed by atoms with Gasteiger partial charge < -0.3 is 9.64 Å². The second-order valence-electron chi connectivity index (χ2n) is 10.3. The van der Waals surface area contributed by atoms with Crippen molar-refractivity contribution in [2.45, 2.75) is 57.0 Å². The Morgan fingerprint density at radius 3 is 2.38 bits per heavy atom. The maximum atomic E-state index is 5.83. The van der Waals surface area contributed by atoms with E-state index in [1.807, 2.05) is 0 Å². The minimum absolute atomic E-state index is 0.0546. The van der Waals surface area contributed by atoms with Gasteiger partial charge in [-0.15, -0.1) is 0 Å². The Morgan fingerprint density at radius 2 is 1.68 bits per heavy atom. The van der Waals surface area contributed by atoms with Crippen LogP contribution in [0.15, 0.2) is 69.3 Å². The van der Waals surface area contributed by atoms with Gasteiger partial charge in [-0.2, -0.15) is 0 Å². The highest BCUT2D eigenvalue weighted by Gasteiger charge is 2.43. The number of benzene rings is 2. The van der Waals surface area contributed by atoms with Crippen LogP contribution in [0.3, 0.4) is 0 Å². The maximum Gasteiger partial charge on any atom is 0.0774 e. The Bertz CT molecular complexity index is 1090. The summed E-state index contributed by atoms with van der Waals surface area (Å²) in [5.41, 5.74) is 5.75. The molecule has 4 nitrogen and oxygen atoms in total. The first-order valence-corrected chi connectivity index (χ1v) is 15.3. The molecule has 182 valence electrons. The number of fused-ring (bicyclic) bond motifs is 1. The number of anilines is 1. The molecule has 2 fully saturated rings. The number of likely N-dealkylation sites (N-methyl/N-ethyl adjacent to an activating group) is 1. The van der Waals surface area contributed by atoms with Gasteiger partial charge in [0.2, 0.25) is 0 Å². The van der Waals surface area contributed by atoms with Crippen LogP contribution in [0.4, 0.5) is 11.4 Å². The molecule has 6 heteroatoms. The van der Waals surface area contributed by atoms with E-state index in [1.54, 1.807) is 0 Å². The molecule has 2 aromatic carbocycles. The highest BCUT2D eigenvalue weighted by molar-refractivity contribution is 9.10. The van der Waals surface area contributed by atoms with Crippen molar-refractivity contribution < 1.29 is 4.74 Å². The molecule has 34 heavy (non-hydrogen) atoms. The molecule has 1 aliphatic carbocycles. The molecule has 0 unspecified atom stereocenters. The van der Waals surface area contributed by atoms with Gasteiger partial charge in [0.05, 0.1) is 26.1 Å². The third kappa shape index (κ3) is 4.34. The van der Waals surface area contributed by atoms with Gasteiger partial charge in [0.15, 0.2) is 0 Å². The molecule has 1 atom stereocenters. The molecule has 0 spiro atoms. The normalized spacial score (nSPS) is 24.1. The van der Waals surface area contributed by atoms with Crippen LogP contribution >= 0.6 is 23.1 Å². The van der Waals surface area contributed by atoms with E-state index in [4.69, 9.17) is 9.48 Å². The van der Waals surface area contributed by atoms with E-state index in [9.17, 15) is 0 Å². The highest BCUT2D eigenvalue weighted by Crippen LogP contribution is 2.67. The first kappa shape index (κ1) is 24.3. The smallest absolute Gasteiger partial charge is 0.0774 e. The van der Waals surface area contributed by atoms with Crippen LogP contribution in [-0.4, -0.2) is 43.7 Å². The molecule has 0 radical (unpaired) electrons. The van der Waals surface area contributed by atoms with Crippen molar-refractivity contribution >= 4 is 34.5 Å². The minimum atomic E-state index is -2.05. The summed E-state index contributed by atoms with van der Waals surface area (Å²) in [4.78, 5) is 2.43. The van der Waals surface area contributed by atoms with Crippen LogP contribution in [0, 0.1) is 0 Å². The molecule has 0 bridgehead atoms. The van der Waals surface area contributed by atoms with Crippen LogP contribution in [0.5, 0.6) is 0 Å². The van der Waals surface area contributed by atoms with Crippen LogP contribution in [0.2, 0.25) is 0 Å². The van der Waals surface area contributed by atoms with E-state index in [0.717, 1.165) is 36.5 Å². The van der Waals surface area contributed by atoms with Crippen LogP contribution in [0.25, 0.3) is 0 Å². The Kier molecular flexibility index (Phi) is 7.10. The number of ether oxygens (including phenoxy) is 1. The number of halogens is 1. The number of para-hydroxylation sites is 1. The number of rotatable bonds is 4. The first-order valence-electron chi connectivity index (χ1n) is 12.7. The Morgan fingerprint density at radius 1 is 1.00 bits per heavy atom. The zero-order valence-corrected chi connectivity index (χ0v) is 23.2. The van der Waals surface area contributed by atoms with Gasteiger partial charge in [-0.3, -0.25) is 4.67 Å². The molecular formula is C28H37BrN3OP. The van der Waals surface area contributed by atoms with Crippen LogP contribution in [-0.2, 0) is 10.2 Å². The Hall–Kier alpha value is -1.39. The summed E-state index contributed by atoms with van der Waals surface area (Å²) in [6.07, 6.45) is 6.50. The fourth-order valence-corrected chi connectivity index (χ4v) is 11.0. The van der Waals surface area contributed by atoms with Crippen LogP contribution in [0.1, 0.15) is 51.5 Å². The number of morpholine rings is 1. The monoisotopic (exact) mass is 541 g/mol. The van der Waals surface area contributed by atoms with Crippen LogP contribution < -0.4 is 4.90 Å². The number of allylic oxidation sites excluding steroid dienone is 1. The summed E-state index contributed by atoms with van der Waals surface area (Å²) < 4.78 is 15.4. The van der Waals surface area contributed by atoms with E-state index in [-0.39, 0.29) is 5.41 Å². The summed E-state index contributed by atoms with van der Waals surface area (Å²) in [7, 11) is 0.197. The van der Waals surface area contributed by atoms with Gasteiger partial charge in [-0.1, -0.05) is 63.4 Å². The minimum Gasteiger partial charge on any atom is -0.379 e. The van der Waals surface area contributed by atoms with Crippen molar-refractivity contribution in [1.82, 2.24) is 4.67 Å². The lowest BCUT2D eigenvalue weighted by atomic mass is 9.84. The summed E-state index contributed by atoms with van der Waals surface area (Å²) in [6.45, 7) is 8.27. The maximum absolute atomic E-state index is 5.83. The van der Waals surface area contributed by atoms with Crippen molar-refractivity contribution in [3.63, 3.8) is 0 Å². The molecule has 0 aromatic heterocycles. The predicted octanol–water partition coefficient (Wildman–Crippen LogP) is 8.13. The fourth-order valence-electron chi connectivity index (χ4n) is 6.04. The number of hydrogen-bond donors (Lipinski definition) is 0. The summed E-state index contributed by atoms with van der Waals surface area (Å²) >= 11 is 3.82. The van der Waals surface area contributed by atoms with Crippen molar-refractivity contribution in [2.24, 2.45) is 4.74 Å². The largest absolute Gasteiger partial charge is 0.379 e. The molecule has 3 aliphatic rings. The van der Waals surface area contributed by atoms with E-state index >= 15 is 0 Å². The molecule has 0 N–H and O–H groups in total. The van der Waals surface area contributed by atoms with Crippen molar-refractivity contribution in [3.05, 3.63) is 70.1 Å². The van der Waals surface area contributed by atoms with Gasteiger partial charge in [0, 0.05) is 47.1 Å². The van der Waals surface area contributed by atoms with Gasteiger partial charge in [0.1, 0.15) is 0 Å². The quantitative estimate of drug-likeness (QED) is 0.365. The lowest BCUT2D eigenvalue weighted by molar-refractivity contribution is 0.0738. The van der Waals surface area contributed by atoms with Crippen molar-refractivity contribution in [1.29, 1.82) is 0 Å². The Labute approximate surface area is 213 Å². The molecule has 2 aromatic rings. The molecule has 1 saturated carbocycles. The second kappa shape index (κ2) is 9.93. The Balaban J connectivity index is 1.76. The average molecular weight is 543 g/mol. The molecule has 2 aliphatic heterocycles. The number of hydrogen-bond acceptors (Lipinski definition) is 3. The van der Waals surface area contributed by atoms with Gasteiger partial charge in [-0.25, -0.2) is 4.74 Å². The van der Waals surface area contributed by atoms with E-state index in [1.165, 1.54) is 49.1 Å². The third-order valence-corrected chi connectivity index (χ3v) is 12.7. The standard InChI is InChI=1S/C28H37BrN3OP/c1-28(2)23-13-7-10-16-26(23)31(3)27(28)21-34(22-11-5-4-6-12-22,32-17-19-33-20-18-32)30-25-15-9-8-14-24(25)29/h7-10,13-16,21-22H,4-6,11-12,17-20H2,1-3H3/b27-21-/t34-/m1/s1. The van der Waals surface area contributed by atoms with Gasteiger partial charge in [0.25, 0.3) is 0 Å². The molecule has 5 rings (SSSR count). The third-order valence-electron chi connectivity index (χ3n) is 7.93. The zero-order chi connectivity index (χ0) is 23.8. The fraction of sp³-hybridized carbons (Fsp3) is 0.500. The zero-order valence-electron chi connectivity index (χ0n) is 20.7. The molecular weight excluding hydrogens is 505 g/mol. The summed E-state index contributed by atoms with van der Waals surface area (Å²) in [5, 5.41) is 0. The van der Waals surface area contributed by atoms with Crippen molar-refractivity contribution in [3.8, 4) is 0 Å². The number of nitrogens with zero attached hydrogens (tertiary/aromatic N) is 3. The summed E-state index contributed by atoms with van der Waals surface area (Å²) in [5.74, 6) is 2.66. The topological polar surface area (TPSA) is 28.1 Å². The first-order chi connectivity index (χ1) is 16.4. The predicted molar refractivity (Wildman–Crippen MR) is 148 cm³/mol. The SMILES string of the molecule is CN1/C(=C\[P@](=Nc2ccccc2Br)(C2CCCCC2)N2CCOCC2)C(C)(C)c2ccccc21. The molecule has 1 saturated heterocycles. The second-order valence-corrected chi connectivity index (χ2v) is 14.3. The lowest BCUT2D eigenvalue weighted by Crippen LogP contribution is -2.37. The highest BCUT2D eigenvalue weighted by atomic mass is 79.9. The van der Waals surface area contributed by atoms with E-state index in [0.29, 0.717) is 5.66 Å². The molecule has 2 heterocycles. The van der Waals surface area contributed by atoms with E-state index < -0.39 is 7.21 Å². The molecule has 0 amide bonds. The summed E-state index contributed by atoms with van der Waals surface area (Å²) in [6, 6.07) is 17.4. The van der Waals surface area contributed by atoms with E-state index in [2.05, 4.69) is 101 Å². The van der Waals surface area contributed by atoms with Crippen molar-refractivity contribution in [2.75, 3.05) is 38.3 Å². The lowest BCUT2D eigenvalue weighted by Gasteiger charge is -2.44. The average Bonchev–Trinajstić information content (AvgIpc) is 3.06. The van der Waals surface area contributed by atoms with Gasteiger partial charge in [-0.05, 0) is 58.4 Å².